The van der Waals surface area contributed by atoms with E-state index in [4.69, 9.17) is 4.74 Å². The summed E-state index contributed by atoms with van der Waals surface area (Å²) in [6.45, 7) is 1.05. The summed E-state index contributed by atoms with van der Waals surface area (Å²) in [5, 5.41) is 4.64. The Kier molecular flexibility index (Phi) is 6.30. The van der Waals surface area contributed by atoms with Crippen molar-refractivity contribution in [3.8, 4) is 5.75 Å². The maximum atomic E-state index is 12.9. The van der Waals surface area contributed by atoms with Crippen LogP contribution in [0.25, 0.3) is 6.08 Å². The van der Waals surface area contributed by atoms with Gasteiger partial charge in [0, 0.05) is 24.0 Å². The number of methoxy groups -OCH3 is 1. The van der Waals surface area contributed by atoms with Gasteiger partial charge in [-0.05, 0) is 48.6 Å². The fourth-order valence-electron chi connectivity index (χ4n) is 2.92. The number of rotatable bonds is 6. The zero-order valence-electron chi connectivity index (χ0n) is 15.1. The first-order valence-corrected chi connectivity index (χ1v) is 11.0. The van der Waals surface area contributed by atoms with E-state index in [-0.39, 0.29) is 10.8 Å². The molecule has 6 nitrogen and oxygen atoms in total. The maximum absolute atomic E-state index is 12.9. The van der Waals surface area contributed by atoms with Crippen molar-refractivity contribution in [2.24, 2.45) is 0 Å². The Balaban J connectivity index is 1.82. The first-order valence-electron chi connectivity index (χ1n) is 8.71. The lowest BCUT2D eigenvalue weighted by Gasteiger charge is -2.26. The minimum atomic E-state index is -3.58. The predicted molar refractivity (Wildman–Crippen MR) is 108 cm³/mol. The molecule has 0 atom stereocenters. The molecular formula is C19H22N2O4S2. The summed E-state index contributed by atoms with van der Waals surface area (Å²) in [7, 11) is -2.11. The topological polar surface area (TPSA) is 75.7 Å². The molecule has 144 valence electrons. The molecule has 0 aliphatic carbocycles. The van der Waals surface area contributed by atoms with E-state index in [2.05, 4.69) is 5.32 Å². The lowest BCUT2D eigenvalue weighted by molar-refractivity contribution is -0.111. The molecule has 1 N–H and O–H groups in total. The van der Waals surface area contributed by atoms with Crippen LogP contribution in [0.5, 0.6) is 5.75 Å². The number of hydrogen-bond acceptors (Lipinski definition) is 5. The van der Waals surface area contributed by atoms with E-state index in [0.717, 1.165) is 24.1 Å². The van der Waals surface area contributed by atoms with Gasteiger partial charge in [-0.3, -0.25) is 4.79 Å². The monoisotopic (exact) mass is 406 g/mol. The summed E-state index contributed by atoms with van der Waals surface area (Å²) in [6.07, 6.45) is 5.91. The predicted octanol–water partition coefficient (Wildman–Crippen LogP) is 3.58. The number of nitrogens with zero attached hydrogens (tertiary/aromatic N) is 1. The third-order valence-electron chi connectivity index (χ3n) is 4.32. The molecule has 2 aromatic rings. The highest BCUT2D eigenvalue weighted by Crippen LogP contribution is 2.30. The van der Waals surface area contributed by atoms with Crippen LogP contribution in [0.15, 0.2) is 46.7 Å². The molecule has 0 unspecified atom stereocenters. The molecule has 1 aromatic carbocycles. The Hall–Kier alpha value is -2.16. The van der Waals surface area contributed by atoms with Crippen LogP contribution in [0.4, 0.5) is 5.69 Å². The largest absolute Gasteiger partial charge is 0.495 e. The van der Waals surface area contributed by atoms with Crippen LogP contribution >= 0.6 is 11.3 Å². The van der Waals surface area contributed by atoms with Crippen LogP contribution < -0.4 is 10.1 Å². The van der Waals surface area contributed by atoms with Crippen molar-refractivity contribution in [2.45, 2.75) is 24.2 Å². The normalized spacial score (nSPS) is 15.7. The number of ether oxygens (including phenoxy) is 1. The van der Waals surface area contributed by atoms with Gasteiger partial charge in [-0.2, -0.15) is 4.31 Å². The van der Waals surface area contributed by atoms with Gasteiger partial charge in [0.25, 0.3) is 0 Å². The van der Waals surface area contributed by atoms with Crippen LogP contribution in [0.1, 0.15) is 24.1 Å². The van der Waals surface area contributed by atoms with Gasteiger partial charge in [0.1, 0.15) is 5.75 Å². The Morgan fingerprint density at radius 3 is 2.67 bits per heavy atom. The quantitative estimate of drug-likeness (QED) is 0.744. The zero-order valence-corrected chi connectivity index (χ0v) is 16.7. The molecule has 27 heavy (non-hydrogen) atoms. The summed E-state index contributed by atoms with van der Waals surface area (Å²) in [5.74, 6) is 0.0553. The number of thiophene rings is 1. The van der Waals surface area contributed by atoms with Gasteiger partial charge in [-0.15, -0.1) is 11.3 Å². The molecular weight excluding hydrogens is 384 g/mol. The lowest BCUT2D eigenvalue weighted by Crippen LogP contribution is -2.35. The number of carbonyl (C=O) groups is 1. The standard InChI is InChI=1S/C19H22N2O4S2/c1-25-18-9-8-16(27(23,24)21-11-3-2-4-12-21)14-17(18)20-19(22)10-7-15-6-5-13-26-15/h5-10,13-14H,2-4,11-12H2,1H3,(H,20,22)/b10-7+. The third kappa shape index (κ3) is 4.77. The van der Waals surface area contributed by atoms with Gasteiger partial charge < -0.3 is 10.1 Å². The van der Waals surface area contributed by atoms with Gasteiger partial charge in [0.15, 0.2) is 0 Å². The van der Waals surface area contributed by atoms with Crippen molar-refractivity contribution in [3.63, 3.8) is 0 Å². The second-order valence-corrected chi connectivity index (χ2v) is 9.08. The van der Waals surface area contributed by atoms with E-state index in [9.17, 15) is 13.2 Å². The number of carbonyl (C=O) groups excluding carboxylic acids is 1. The lowest BCUT2D eigenvalue weighted by atomic mass is 10.2. The Morgan fingerprint density at radius 2 is 2.00 bits per heavy atom. The fourth-order valence-corrected chi connectivity index (χ4v) is 5.08. The minimum Gasteiger partial charge on any atom is -0.495 e. The van der Waals surface area contributed by atoms with Gasteiger partial charge >= 0.3 is 0 Å². The smallest absolute Gasteiger partial charge is 0.248 e. The SMILES string of the molecule is COc1ccc(S(=O)(=O)N2CCCCC2)cc1NC(=O)/C=C/c1cccs1. The second kappa shape index (κ2) is 8.69. The zero-order chi connectivity index (χ0) is 19.3. The van der Waals surface area contributed by atoms with E-state index in [0.29, 0.717) is 24.5 Å². The van der Waals surface area contributed by atoms with E-state index in [1.165, 1.54) is 41.0 Å². The van der Waals surface area contributed by atoms with E-state index in [1.807, 2.05) is 17.5 Å². The first-order chi connectivity index (χ1) is 13.0. The number of piperidine rings is 1. The molecule has 3 rings (SSSR count). The fraction of sp³-hybridized carbons (Fsp3) is 0.316. The van der Waals surface area contributed by atoms with Gasteiger partial charge in [-0.1, -0.05) is 12.5 Å². The molecule has 0 saturated carbocycles. The highest BCUT2D eigenvalue weighted by atomic mass is 32.2. The second-order valence-electron chi connectivity index (χ2n) is 6.16. The average Bonchev–Trinajstić information content (AvgIpc) is 3.20. The van der Waals surface area contributed by atoms with Crippen molar-refractivity contribution in [1.82, 2.24) is 4.31 Å². The molecule has 1 aliphatic rings. The van der Waals surface area contributed by atoms with Gasteiger partial charge in [-0.25, -0.2) is 8.42 Å². The Labute approximate surface area is 163 Å². The van der Waals surface area contributed by atoms with Crippen LogP contribution in [0.3, 0.4) is 0 Å². The Morgan fingerprint density at radius 1 is 1.22 bits per heavy atom. The number of anilines is 1. The Bertz CT molecular complexity index is 915. The molecule has 0 bridgehead atoms. The molecule has 1 saturated heterocycles. The van der Waals surface area contributed by atoms with Crippen molar-refractivity contribution in [1.29, 1.82) is 0 Å². The number of benzene rings is 1. The van der Waals surface area contributed by atoms with Gasteiger partial charge in [0.2, 0.25) is 15.9 Å². The summed E-state index contributed by atoms with van der Waals surface area (Å²) in [5.41, 5.74) is 0.330. The van der Waals surface area contributed by atoms with E-state index >= 15 is 0 Å². The molecule has 1 amide bonds. The molecule has 0 radical (unpaired) electrons. The molecule has 2 heterocycles. The summed E-state index contributed by atoms with van der Waals surface area (Å²) in [4.78, 5) is 13.3. The summed E-state index contributed by atoms with van der Waals surface area (Å²) < 4.78 is 32.5. The summed E-state index contributed by atoms with van der Waals surface area (Å²) >= 11 is 1.52. The molecule has 1 aliphatic heterocycles. The molecule has 1 fully saturated rings. The average molecular weight is 407 g/mol. The van der Waals surface area contributed by atoms with E-state index in [1.54, 1.807) is 12.1 Å². The van der Waals surface area contributed by atoms with Crippen LogP contribution in [-0.4, -0.2) is 38.8 Å². The molecule has 0 spiro atoms. The maximum Gasteiger partial charge on any atom is 0.248 e. The minimum absolute atomic E-state index is 0.155. The van der Waals surface area contributed by atoms with Gasteiger partial charge in [0.05, 0.1) is 17.7 Å². The number of nitrogens with one attached hydrogen (secondary N) is 1. The molecule has 1 aromatic heterocycles. The number of amides is 1. The molecule has 8 heteroatoms. The van der Waals surface area contributed by atoms with Crippen molar-refractivity contribution < 1.29 is 17.9 Å². The van der Waals surface area contributed by atoms with Crippen molar-refractivity contribution >= 4 is 39.0 Å². The number of hydrogen-bond donors (Lipinski definition) is 1. The first kappa shape index (κ1) is 19.6. The van der Waals surface area contributed by atoms with E-state index < -0.39 is 10.0 Å². The third-order valence-corrected chi connectivity index (χ3v) is 7.06. The van der Waals surface area contributed by atoms with Crippen molar-refractivity contribution in [2.75, 3.05) is 25.5 Å². The summed E-state index contributed by atoms with van der Waals surface area (Å²) in [6, 6.07) is 8.34. The van der Waals surface area contributed by atoms with Crippen LogP contribution in [-0.2, 0) is 14.8 Å². The van der Waals surface area contributed by atoms with Crippen molar-refractivity contribution in [3.05, 3.63) is 46.7 Å². The highest BCUT2D eigenvalue weighted by Gasteiger charge is 2.26. The number of sulfonamides is 1. The van der Waals surface area contributed by atoms with Crippen LogP contribution in [0.2, 0.25) is 0 Å². The van der Waals surface area contributed by atoms with Crippen LogP contribution in [0, 0.1) is 0 Å². The highest BCUT2D eigenvalue weighted by molar-refractivity contribution is 7.89.